The number of fused-ring (bicyclic) bond motifs is 3. The number of hydrogen-bond donors (Lipinski definition) is 3. The molecule has 0 spiro atoms. The van der Waals surface area contributed by atoms with Crippen LogP contribution in [-0.4, -0.2) is 43.9 Å². The highest BCUT2D eigenvalue weighted by Gasteiger charge is 2.39. The van der Waals surface area contributed by atoms with Gasteiger partial charge in [0.1, 0.15) is 11.3 Å². The Balaban J connectivity index is 2.12. The van der Waals surface area contributed by atoms with E-state index in [1.54, 1.807) is 12.1 Å². The predicted molar refractivity (Wildman–Crippen MR) is 95.9 cm³/mol. The van der Waals surface area contributed by atoms with Crippen LogP contribution in [-0.2, 0) is 0 Å². The highest BCUT2D eigenvalue weighted by molar-refractivity contribution is 6.33. The Morgan fingerprint density at radius 2 is 1.25 bits per heavy atom. The maximum absolute atomic E-state index is 13.0. The van der Waals surface area contributed by atoms with E-state index >= 15 is 0 Å². The maximum Gasteiger partial charge on any atom is 0.336 e. The minimum atomic E-state index is -1.57. The molecular formula is C20H11O8+. The molecule has 0 saturated carbocycles. The molecule has 0 heterocycles. The van der Waals surface area contributed by atoms with Crippen molar-refractivity contribution in [3.05, 3.63) is 69.8 Å². The van der Waals surface area contributed by atoms with E-state index in [4.69, 9.17) is 5.11 Å². The maximum atomic E-state index is 13.0. The van der Waals surface area contributed by atoms with Crippen LogP contribution in [0.25, 0.3) is 10.8 Å². The van der Waals surface area contributed by atoms with Gasteiger partial charge in [-0.15, -0.1) is 0 Å². The number of phenolic OH excluding ortho intramolecular Hbond substituents is 1. The van der Waals surface area contributed by atoms with Crippen molar-refractivity contribution in [1.82, 2.24) is 0 Å². The molecule has 0 aromatic heterocycles. The van der Waals surface area contributed by atoms with Crippen molar-refractivity contribution in [1.29, 1.82) is 0 Å². The highest BCUT2D eigenvalue weighted by Crippen LogP contribution is 2.44. The lowest BCUT2D eigenvalue weighted by molar-refractivity contribution is 0.0651. The molecule has 5 N–H and O–H groups in total. The average Bonchev–Trinajstić information content (AvgIpc) is 2.67. The summed E-state index contributed by atoms with van der Waals surface area (Å²) in [5, 5.41) is 37.9. The Labute approximate surface area is 155 Å². The van der Waals surface area contributed by atoms with Gasteiger partial charge in [0.15, 0.2) is 5.78 Å². The molecule has 1 aliphatic carbocycles. The smallest absolute Gasteiger partial charge is 0.336 e. The van der Waals surface area contributed by atoms with Crippen LogP contribution in [0.15, 0.2) is 36.4 Å². The van der Waals surface area contributed by atoms with Gasteiger partial charge in [0.05, 0.1) is 22.1 Å². The third kappa shape index (κ3) is 2.11. The third-order valence-electron chi connectivity index (χ3n) is 4.75. The van der Waals surface area contributed by atoms with Crippen LogP contribution < -0.4 is 0 Å². The number of carboxylic acids is 2. The first-order valence-electron chi connectivity index (χ1n) is 7.97. The average molecular weight is 379 g/mol. The van der Waals surface area contributed by atoms with Gasteiger partial charge in [0.2, 0.25) is 5.78 Å². The zero-order valence-electron chi connectivity index (χ0n) is 13.9. The summed E-state index contributed by atoms with van der Waals surface area (Å²) in [7, 11) is 0. The largest absolute Gasteiger partial charge is 0.592 e. The molecule has 0 atom stereocenters. The lowest BCUT2D eigenvalue weighted by atomic mass is 9.80. The fraction of sp³-hybridized carbons (Fsp3) is 0. The quantitative estimate of drug-likeness (QED) is 0.451. The predicted octanol–water partition coefficient (Wildman–Crippen LogP) is 2.16. The van der Waals surface area contributed by atoms with E-state index in [1.165, 1.54) is 12.1 Å². The van der Waals surface area contributed by atoms with E-state index in [0.29, 0.717) is 0 Å². The van der Waals surface area contributed by atoms with E-state index in [2.05, 4.69) is 0 Å². The SMILES string of the molecule is O=C(O)c1cc2c(cc1C(=O)O)C(=O)c1c(c(O)c3ccccc3c1[OH2+])C2=O. The van der Waals surface area contributed by atoms with Gasteiger partial charge in [0.25, 0.3) is 5.75 Å². The summed E-state index contributed by atoms with van der Waals surface area (Å²) in [6.45, 7) is 0. The molecule has 8 heteroatoms. The van der Waals surface area contributed by atoms with E-state index < -0.39 is 40.4 Å². The fourth-order valence-electron chi connectivity index (χ4n) is 3.47. The van der Waals surface area contributed by atoms with Crippen LogP contribution in [0.3, 0.4) is 0 Å². The summed E-state index contributed by atoms with van der Waals surface area (Å²) in [5.41, 5.74) is -2.67. The van der Waals surface area contributed by atoms with E-state index in [1.807, 2.05) is 0 Å². The van der Waals surface area contributed by atoms with Crippen molar-refractivity contribution in [3.8, 4) is 11.5 Å². The Morgan fingerprint density at radius 1 is 0.786 bits per heavy atom. The van der Waals surface area contributed by atoms with Gasteiger partial charge in [-0.1, -0.05) is 18.2 Å². The zero-order valence-corrected chi connectivity index (χ0v) is 13.9. The molecule has 0 radical (unpaired) electrons. The molecular weight excluding hydrogens is 368 g/mol. The minimum absolute atomic E-state index is 0.205. The van der Waals surface area contributed by atoms with E-state index in [0.717, 1.165) is 12.1 Å². The molecule has 3 aromatic carbocycles. The molecule has 0 aliphatic heterocycles. The lowest BCUT2D eigenvalue weighted by Gasteiger charge is -2.20. The number of aromatic hydroxyl groups is 1. The van der Waals surface area contributed by atoms with Crippen LogP contribution in [0, 0.1) is 0 Å². The van der Waals surface area contributed by atoms with Gasteiger partial charge in [-0.05, 0) is 18.2 Å². The number of aromatic carboxylic acids is 2. The summed E-state index contributed by atoms with van der Waals surface area (Å²) in [6, 6.07) is 7.86. The molecule has 1 aliphatic rings. The summed E-state index contributed by atoms with van der Waals surface area (Å²) in [6.07, 6.45) is 0. The van der Waals surface area contributed by atoms with Crippen LogP contribution in [0.4, 0.5) is 0 Å². The molecule has 4 rings (SSSR count). The Bertz CT molecular complexity index is 1170. The van der Waals surface area contributed by atoms with Gasteiger partial charge < -0.3 is 20.4 Å². The molecule has 28 heavy (non-hydrogen) atoms. The molecule has 0 saturated heterocycles. The second kappa shape index (κ2) is 5.65. The Morgan fingerprint density at radius 3 is 1.75 bits per heavy atom. The van der Waals surface area contributed by atoms with Crippen molar-refractivity contribution < 1.29 is 39.6 Å². The van der Waals surface area contributed by atoms with Crippen molar-refractivity contribution in [2.24, 2.45) is 0 Å². The van der Waals surface area contributed by atoms with Crippen molar-refractivity contribution >= 4 is 34.3 Å². The minimum Gasteiger partial charge on any atom is -0.592 e. The standard InChI is InChI=1S/C20H10O8/c21-15-7-3-1-2-4-8(7)16(22)14-13(15)17(23)9-5-11(19(25)26)12(20(27)28)6-10(9)18(14)24/h1-6,21-22H,(H,25,26)(H,27,28)/p+1. The van der Waals surface area contributed by atoms with Crippen LogP contribution in [0.2, 0.25) is 0 Å². The first kappa shape index (κ1) is 17.2. The van der Waals surface area contributed by atoms with Gasteiger partial charge in [0, 0.05) is 16.5 Å². The number of hydrogen-bond acceptors (Lipinski definition) is 5. The third-order valence-corrected chi connectivity index (χ3v) is 4.75. The van der Waals surface area contributed by atoms with Gasteiger partial charge in [-0.2, -0.15) is 0 Å². The Hall–Kier alpha value is -4.20. The summed E-state index contributed by atoms with van der Waals surface area (Å²) in [5.74, 6) is -5.57. The first-order chi connectivity index (χ1) is 13.2. The normalized spacial score (nSPS) is 12.6. The molecule has 8 nitrogen and oxygen atoms in total. The molecule has 3 aromatic rings. The fourth-order valence-corrected chi connectivity index (χ4v) is 3.47. The monoisotopic (exact) mass is 379 g/mol. The summed E-state index contributed by atoms with van der Waals surface area (Å²) >= 11 is 0. The number of ketones is 2. The molecule has 0 fully saturated rings. The van der Waals surface area contributed by atoms with Gasteiger partial charge in [-0.3, -0.25) is 9.59 Å². The number of carbonyl (C=O) groups is 4. The summed E-state index contributed by atoms with van der Waals surface area (Å²) in [4.78, 5) is 48.8. The van der Waals surface area contributed by atoms with Crippen LogP contribution >= 0.6 is 0 Å². The number of carbonyl (C=O) groups excluding carboxylic acids is 2. The second-order valence-corrected chi connectivity index (χ2v) is 6.23. The Kier molecular flexibility index (Phi) is 3.47. The topological polar surface area (TPSA) is 152 Å². The molecule has 0 unspecified atom stereocenters. The highest BCUT2D eigenvalue weighted by atomic mass is 16.4. The number of benzene rings is 3. The van der Waals surface area contributed by atoms with Crippen molar-refractivity contribution in [3.63, 3.8) is 0 Å². The van der Waals surface area contributed by atoms with Gasteiger partial charge >= 0.3 is 11.9 Å². The van der Waals surface area contributed by atoms with Gasteiger partial charge in [-0.25, -0.2) is 9.59 Å². The van der Waals surface area contributed by atoms with E-state index in [-0.39, 0.29) is 38.8 Å². The van der Waals surface area contributed by atoms with Crippen LogP contribution in [0.1, 0.15) is 52.6 Å². The molecule has 138 valence electrons. The summed E-state index contributed by atoms with van der Waals surface area (Å²) < 4.78 is 0. The van der Waals surface area contributed by atoms with Crippen molar-refractivity contribution in [2.45, 2.75) is 0 Å². The molecule has 0 bridgehead atoms. The van der Waals surface area contributed by atoms with E-state index in [9.17, 15) is 34.5 Å². The zero-order chi connectivity index (χ0) is 20.3. The second-order valence-electron chi connectivity index (χ2n) is 6.23. The number of carboxylic acid groups (broad SMARTS) is 2. The number of rotatable bonds is 2. The number of phenols is 1. The lowest BCUT2D eigenvalue weighted by Crippen LogP contribution is -2.24. The van der Waals surface area contributed by atoms with Crippen LogP contribution in [0.5, 0.6) is 11.5 Å². The molecule has 0 amide bonds. The first-order valence-corrected chi connectivity index (χ1v) is 7.97. The van der Waals surface area contributed by atoms with Crippen molar-refractivity contribution in [2.75, 3.05) is 0 Å².